The van der Waals surface area contributed by atoms with Crippen LogP contribution in [0.15, 0.2) is 164 Å². The Morgan fingerprint density at radius 2 is 0.899 bits per heavy atom. The van der Waals surface area contributed by atoms with Crippen molar-refractivity contribution in [2.24, 2.45) is 0 Å². The van der Waals surface area contributed by atoms with E-state index in [2.05, 4.69) is 296 Å². The lowest BCUT2D eigenvalue weighted by atomic mass is 9.33. The average molecular weight is 1040 g/mol. The summed E-state index contributed by atoms with van der Waals surface area (Å²) in [6, 6.07) is 64.3. The molecule has 0 bridgehead atoms. The zero-order valence-corrected chi connectivity index (χ0v) is 50.6. The van der Waals surface area contributed by atoms with E-state index in [4.69, 9.17) is 0 Å². The minimum absolute atomic E-state index is 0.00618. The van der Waals surface area contributed by atoms with Crippen molar-refractivity contribution in [3.63, 3.8) is 0 Å². The van der Waals surface area contributed by atoms with Crippen LogP contribution in [-0.2, 0) is 37.9 Å². The monoisotopic (exact) mass is 1040 g/mol. The van der Waals surface area contributed by atoms with Gasteiger partial charge in [0.1, 0.15) is 0 Å². The SMILES string of the molecule is CC(C)(C)c1cccc(N2c3cc(C(C)(C)C)ccc3B3c4cc5c(cc4N(c4ccc(C(C)(C)C)cc4-c4ccc6c(c4)C(C)(C)CCC6(C)C)c4cc(N(c6ccccc6)c6ccccc6)cc2c43)C(C)(C)CC5(C)C)c1. The molecule has 3 nitrogen and oxygen atoms in total. The number of anilines is 9. The number of para-hydroxylation sites is 2. The molecule has 402 valence electrons. The highest BCUT2D eigenvalue weighted by atomic mass is 15.2. The molecule has 12 rings (SSSR count). The third kappa shape index (κ3) is 8.77. The quantitative estimate of drug-likeness (QED) is 0.154. The second-order valence-corrected chi connectivity index (χ2v) is 29.7. The number of fused-ring (bicyclic) bond motifs is 6. The Bertz CT molecular complexity index is 3680. The van der Waals surface area contributed by atoms with Crippen LogP contribution in [0.1, 0.15) is 176 Å². The molecule has 2 aliphatic carbocycles. The molecular weight excluding hydrogens is 954 g/mol. The summed E-state index contributed by atoms with van der Waals surface area (Å²) < 4.78 is 0. The van der Waals surface area contributed by atoms with Gasteiger partial charge >= 0.3 is 0 Å². The first-order chi connectivity index (χ1) is 37.0. The number of nitrogens with zero attached hydrogens (tertiary/aromatic N) is 3. The molecule has 0 aromatic heterocycles. The van der Waals surface area contributed by atoms with Gasteiger partial charge in [-0.15, -0.1) is 0 Å². The second-order valence-electron chi connectivity index (χ2n) is 29.7. The smallest absolute Gasteiger partial charge is 0.252 e. The average Bonchev–Trinajstić information content (AvgIpc) is 3.24. The van der Waals surface area contributed by atoms with Gasteiger partial charge in [0.25, 0.3) is 6.71 Å². The maximum Gasteiger partial charge on any atom is 0.252 e. The molecule has 79 heavy (non-hydrogen) atoms. The molecule has 0 N–H and O–H groups in total. The van der Waals surface area contributed by atoms with Crippen molar-refractivity contribution >= 4 is 74.3 Å². The van der Waals surface area contributed by atoms with E-state index in [0.717, 1.165) is 29.9 Å². The van der Waals surface area contributed by atoms with E-state index >= 15 is 0 Å². The lowest BCUT2D eigenvalue weighted by Crippen LogP contribution is -2.61. The Morgan fingerprint density at radius 1 is 0.380 bits per heavy atom. The molecule has 0 atom stereocenters. The maximum absolute atomic E-state index is 2.73. The summed E-state index contributed by atoms with van der Waals surface area (Å²) >= 11 is 0. The van der Waals surface area contributed by atoms with E-state index in [-0.39, 0.29) is 44.6 Å². The zero-order chi connectivity index (χ0) is 56.1. The predicted octanol–water partition coefficient (Wildman–Crippen LogP) is 19.1. The van der Waals surface area contributed by atoms with Gasteiger partial charge in [0.05, 0.1) is 11.4 Å². The van der Waals surface area contributed by atoms with E-state index < -0.39 is 0 Å². The largest absolute Gasteiger partial charge is 0.311 e. The van der Waals surface area contributed by atoms with Gasteiger partial charge in [-0.2, -0.15) is 0 Å². The lowest BCUT2D eigenvalue weighted by molar-refractivity contribution is 0.332. The molecule has 0 saturated heterocycles. The Hall–Kier alpha value is -6.78. The normalized spacial score (nSPS) is 17.4. The lowest BCUT2D eigenvalue weighted by Gasteiger charge is -2.46. The third-order valence-electron chi connectivity index (χ3n) is 18.9. The number of rotatable bonds is 6. The van der Waals surface area contributed by atoms with Crippen LogP contribution in [0.3, 0.4) is 0 Å². The molecule has 2 aliphatic heterocycles. The third-order valence-corrected chi connectivity index (χ3v) is 18.9. The molecule has 0 amide bonds. The van der Waals surface area contributed by atoms with Crippen LogP contribution in [0.5, 0.6) is 0 Å². The summed E-state index contributed by atoms with van der Waals surface area (Å²) in [6.07, 6.45) is 3.43. The van der Waals surface area contributed by atoms with E-state index in [1.165, 1.54) is 107 Å². The van der Waals surface area contributed by atoms with E-state index in [1.54, 1.807) is 0 Å². The fraction of sp³-hybridized carbons (Fsp3) is 0.360. The van der Waals surface area contributed by atoms with Crippen molar-refractivity contribution < 1.29 is 0 Å². The molecule has 2 heterocycles. The van der Waals surface area contributed by atoms with Crippen LogP contribution in [0.25, 0.3) is 11.1 Å². The molecule has 0 radical (unpaired) electrons. The molecule has 4 aliphatic rings. The second kappa shape index (κ2) is 17.9. The molecule has 0 unspecified atom stereocenters. The number of hydrogen-bond donors (Lipinski definition) is 0. The molecular formula is C75H84BN3. The van der Waals surface area contributed by atoms with Crippen molar-refractivity contribution in [3.05, 3.63) is 203 Å². The summed E-state index contributed by atoms with van der Waals surface area (Å²) in [5.74, 6) is 0. The van der Waals surface area contributed by atoms with Crippen LogP contribution in [0, 0.1) is 0 Å². The summed E-state index contributed by atoms with van der Waals surface area (Å²) in [5, 5.41) is 0. The van der Waals surface area contributed by atoms with E-state index in [0.29, 0.717) is 0 Å². The van der Waals surface area contributed by atoms with Gasteiger partial charge in [0, 0.05) is 45.4 Å². The highest BCUT2D eigenvalue weighted by Gasteiger charge is 2.49. The molecule has 0 saturated carbocycles. The fourth-order valence-electron chi connectivity index (χ4n) is 14.5. The van der Waals surface area contributed by atoms with E-state index in [1.807, 2.05) is 0 Å². The molecule has 4 heteroatoms. The first-order valence-electron chi connectivity index (χ1n) is 29.5. The standard InChI is InChI=1S/C75H84BN3/c1-69(2,3)49-25-24-30-54(40-49)78-64-42-51(71(7,8)9)32-35-61(64)76-62-45-59-60(75(16,17)47-74(59,14)15)46-65(62)79(67-44-55(43-66(78)68(67)76)77(52-26-20-18-21-27-52)53-28-22-19-23-29-53)63-36-33-50(70(4,5)6)41-56(63)48-31-34-57-58(39-48)73(12,13)38-37-72(57,10)11/h18-36,39-46H,37-38,47H2,1-17H3. The minimum atomic E-state index is -0.0766. The maximum atomic E-state index is 2.73. The first kappa shape index (κ1) is 52.9. The van der Waals surface area contributed by atoms with Crippen molar-refractivity contribution in [1.82, 2.24) is 0 Å². The summed E-state index contributed by atoms with van der Waals surface area (Å²) in [4.78, 5) is 7.86. The van der Waals surface area contributed by atoms with Gasteiger partial charge in [-0.3, -0.25) is 0 Å². The summed E-state index contributed by atoms with van der Waals surface area (Å²) in [5.41, 5.74) is 27.0. The van der Waals surface area contributed by atoms with Gasteiger partial charge in [0.15, 0.2) is 0 Å². The first-order valence-corrected chi connectivity index (χ1v) is 29.5. The Labute approximate surface area is 475 Å². The van der Waals surface area contributed by atoms with E-state index in [9.17, 15) is 0 Å². The molecule has 0 fully saturated rings. The van der Waals surface area contributed by atoms with Gasteiger partial charge < -0.3 is 14.7 Å². The molecule has 8 aromatic carbocycles. The van der Waals surface area contributed by atoms with Crippen molar-refractivity contribution in [1.29, 1.82) is 0 Å². The van der Waals surface area contributed by atoms with Gasteiger partial charge in [0.2, 0.25) is 0 Å². The van der Waals surface area contributed by atoms with Crippen LogP contribution in [0.4, 0.5) is 51.2 Å². The van der Waals surface area contributed by atoms with Crippen LogP contribution < -0.4 is 31.1 Å². The molecule has 8 aromatic rings. The van der Waals surface area contributed by atoms with Gasteiger partial charge in [-0.05, 0) is 191 Å². The van der Waals surface area contributed by atoms with Crippen molar-refractivity contribution in [3.8, 4) is 11.1 Å². The van der Waals surface area contributed by atoms with Crippen LogP contribution in [-0.4, -0.2) is 6.71 Å². The van der Waals surface area contributed by atoms with Crippen molar-refractivity contribution in [2.45, 2.75) is 175 Å². The highest BCUT2D eigenvalue weighted by molar-refractivity contribution is 7.00. The number of benzene rings is 8. The number of hydrogen-bond acceptors (Lipinski definition) is 3. The Kier molecular flexibility index (Phi) is 12.0. The Balaban J connectivity index is 1.26. The van der Waals surface area contributed by atoms with Crippen LogP contribution >= 0.6 is 0 Å². The fourth-order valence-corrected chi connectivity index (χ4v) is 14.5. The van der Waals surface area contributed by atoms with Crippen LogP contribution in [0.2, 0.25) is 0 Å². The summed E-state index contributed by atoms with van der Waals surface area (Å²) in [7, 11) is 0. The topological polar surface area (TPSA) is 9.72 Å². The Morgan fingerprint density at radius 3 is 1.51 bits per heavy atom. The van der Waals surface area contributed by atoms with Gasteiger partial charge in [-0.1, -0.05) is 209 Å². The summed E-state index contributed by atoms with van der Waals surface area (Å²) in [6.45, 7) is 40.9. The predicted molar refractivity (Wildman–Crippen MR) is 343 cm³/mol. The highest BCUT2D eigenvalue weighted by Crippen LogP contribution is 2.56. The molecule has 0 spiro atoms. The zero-order valence-electron chi connectivity index (χ0n) is 50.6. The van der Waals surface area contributed by atoms with Gasteiger partial charge in [-0.25, -0.2) is 0 Å². The minimum Gasteiger partial charge on any atom is -0.311 e. The van der Waals surface area contributed by atoms with Crippen molar-refractivity contribution in [2.75, 3.05) is 14.7 Å².